The van der Waals surface area contributed by atoms with Crippen LogP contribution in [0.15, 0.2) is 0 Å². The van der Waals surface area contributed by atoms with Crippen molar-refractivity contribution in [2.45, 2.75) is 42.0 Å². The van der Waals surface area contributed by atoms with Gasteiger partial charge in [0.15, 0.2) is 0 Å². The van der Waals surface area contributed by atoms with E-state index in [1.54, 1.807) is 6.92 Å². The van der Waals surface area contributed by atoms with E-state index >= 15 is 0 Å². The maximum Gasteiger partial charge on any atom is 0 e. The van der Waals surface area contributed by atoms with Crippen LogP contribution in [-0.4, -0.2) is 0 Å². The quantitative estimate of drug-likeness (QED) is 0.371. The molecule has 0 atom stereocenters. The van der Waals surface area contributed by atoms with Gasteiger partial charge in [0.25, 0.3) is 0 Å². The summed E-state index contributed by atoms with van der Waals surface area (Å²) in [7, 11) is 0. The van der Waals surface area contributed by atoms with E-state index in [2.05, 4.69) is 42.4 Å². The van der Waals surface area contributed by atoms with Crippen molar-refractivity contribution < 1.29 is 8.56 Å². The Balaban J connectivity index is -0.00000000675. The minimum atomic E-state index is 0. The third-order valence-electron chi connectivity index (χ3n) is 0.677. The van der Waals surface area contributed by atoms with Crippen molar-refractivity contribution >= 4 is 0 Å². The van der Waals surface area contributed by atoms with Crippen molar-refractivity contribution in [2.24, 2.45) is 0 Å². The molecule has 13 heavy (non-hydrogen) atoms. The Hall–Kier alpha value is -1.45. The first-order valence-corrected chi connectivity index (χ1v) is 3.60. The number of hydrogen-bond donors (Lipinski definition) is 0. The topological polar surface area (TPSA) is 0 Å². The fourth-order valence-corrected chi connectivity index (χ4v) is 0. The zero-order valence-electron chi connectivity index (χ0n) is 8.71. The second-order valence-corrected chi connectivity index (χ2v) is 1.43. The molecule has 0 aromatic carbocycles. The van der Waals surface area contributed by atoms with Gasteiger partial charge in [0.2, 0.25) is 0 Å². The highest BCUT2D eigenvalue weighted by molar-refractivity contribution is 4.97. The average molecular weight is 189 g/mol. The first kappa shape index (κ1) is 22.6. The van der Waals surface area contributed by atoms with Crippen LogP contribution in [0.25, 0.3) is 0 Å². The Morgan fingerprint density at radius 1 is 0.692 bits per heavy atom. The minimum absolute atomic E-state index is 0. The molecule has 0 N–H and O–H groups in total. The van der Waals surface area contributed by atoms with Gasteiger partial charge in [0, 0.05) is 8.56 Å². The van der Waals surface area contributed by atoms with E-state index in [4.69, 9.17) is 0 Å². The van der Waals surface area contributed by atoms with Crippen molar-refractivity contribution in [1.29, 1.82) is 0 Å². The molecular weight excluding hydrogens is 156 g/mol. The molecule has 0 aliphatic heterocycles. The van der Waals surface area contributed by atoms with Crippen LogP contribution in [0.4, 0.5) is 0 Å². The van der Waals surface area contributed by atoms with Crippen molar-refractivity contribution in [3.05, 3.63) is 6.92 Å². The lowest BCUT2D eigenvalue weighted by atomic mass is 10.7. The van der Waals surface area contributed by atoms with Gasteiger partial charge in [-0.3, -0.25) is 5.92 Å². The summed E-state index contributed by atoms with van der Waals surface area (Å²) in [4.78, 5) is 0. The standard InChI is InChI=1S/2C4H6.C4H5.CH4.6H2/c3*1-3-4-2;;;;;;;/h2*1-2H3;1H2,2H3;1H4;6*1H/q;;-1;;;;;;;. The summed E-state index contributed by atoms with van der Waals surface area (Å²) < 4.78 is 0. The van der Waals surface area contributed by atoms with Crippen LogP contribution in [0.3, 0.4) is 0 Å². The smallest absolute Gasteiger partial charge is 0 e. The van der Waals surface area contributed by atoms with E-state index < -0.39 is 0 Å². The first-order valence-electron chi connectivity index (χ1n) is 3.60. The molecule has 0 unspecified atom stereocenters. The maximum absolute atomic E-state index is 3.24. The van der Waals surface area contributed by atoms with Crippen LogP contribution < -0.4 is 0 Å². The summed E-state index contributed by atoms with van der Waals surface area (Å²) in [5.74, 6) is 15.7. The highest BCUT2D eigenvalue weighted by Gasteiger charge is 1.27. The van der Waals surface area contributed by atoms with Crippen LogP contribution in [-0.2, 0) is 0 Å². The molecule has 0 heterocycles. The highest BCUT2D eigenvalue weighted by Crippen LogP contribution is 1.39. The molecule has 0 rings (SSSR count). The first-order chi connectivity index (χ1) is 5.74. The molecule has 0 bridgehead atoms. The summed E-state index contributed by atoms with van der Waals surface area (Å²) in [5.41, 5.74) is 0. The van der Waals surface area contributed by atoms with Crippen molar-refractivity contribution in [3.8, 4) is 35.5 Å². The van der Waals surface area contributed by atoms with Crippen LogP contribution in [0.5, 0.6) is 0 Å². The maximum atomic E-state index is 3.24. The Morgan fingerprint density at radius 2 is 0.846 bits per heavy atom. The molecule has 0 amide bonds. The van der Waals surface area contributed by atoms with Gasteiger partial charge >= 0.3 is 0 Å². The Bertz CT molecular complexity index is 170. The molecule has 0 aromatic heterocycles. The fraction of sp³-hybridized carbons (Fsp3) is 0.462. The number of rotatable bonds is 0. The second kappa shape index (κ2) is 46.5. The summed E-state index contributed by atoms with van der Waals surface area (Å²) >= 11 is 0. The Kier molecular flexibility index (Phi) is 80.6. The second-order valence-electron chi connectivity index (χ2n) is 1.43. The number of hydrogen-bond acceptors (Lipinski definition) is 0. The molecule has 86 valence electrons. The fourth-order valence-electron chi connectivity index (χ4n) is 0. The van der Waals surface area contributed by atoms with E-state index in [1.165, 1.54) is 0 Å². The van der Waals surface area contributed by atoms with E-state index in [9.17, 15) is 0 Å². The summed E-state index contributed by atoms with van der Waals surface area (Å²) in [6, 6.07) is 0. The molecule has 0 aliphatic carbocycles. The average Bonchev–Trinajstić information content (AvgIpc) is 2.18. The lowest BCUT2D eigenvalue weighted by Crippen LogP contribution is -1.29. The van der Waals surface area contributed by atoms with Gasteiger partial charge in [-0.15, -0.1) is 23.7 Å². The lowest BCUT2D eigenvalue weighted by molar-refractivity contribution is 1.83. The molecule has 0 nitrogen and oxygen atoms in total. The molecule has 0 spiro atoms. The lowest BCUT2D eigenvalue weighted by Gasteiger charge is -1.59. The third-order valence-corrected chi connectivity index (χ3v) is 0.677. The van der Waals surface area contributed by atoms with Crippen LogP contribution in [0.2, 0.25) is 0 Å². The van der Waals surface area contributed by atoms with Crippen molar-refractivity contribution in [2.75, 3.05) is 0 Å². The molecule has 0 aliphatic rings. The molecule has 0 saturated heterocycles. The zero-order valence-corrected chi connectivity index (χ0v) is 8.71. The molecule has 0 heteroatoms. The SMILES string of the molecule is C.CC#CC.CC#CC.[CH2-]C#CC.[HH].[HH].[HH].[HH].[HH].[HH]. The van der Waals surface area contributed by atoms with Crippen molar-refractivity contribution in [1.82, 2.24) is 0 Å². The monoisotopic (exact) mass is 189 g/mol. The summed E-state index contributed by atoms with van der Waals surface area (Å²) in [5, 5.41) is 0. The molecular formula is C13H33-. The van der Waals surface area contributed by atoms with Crippen LogP contribution in [0, 0.1) is 42.4 Å². The molecule has 0 aromatic rings. The van der Waals surface area contributed by atoms with Crippen molar-refractivity contribution in [3.63, 3.8) is 0 Å². The van der Waals surface area contributed by atoms with Gasteiger partial charge in [0.05, 0.1) is 0 Å². The Labute approximate surface area is 94.0 Å². The van der Waals surface area contributed by atoms with Gasteiger partial charge in [-0.2, -0.15) is 6.92 Å². The molecule has 0 saturated carbocycles. The van der Waals surface area contributed by atoms with E-state index in [1.807, 2.05) is 27.7 Å². The van der Waals surface area contributed by atoms with Crippen LogP contribution >= 0.6 is 0 Å². The molecule has 0 fully saturated rings. The molecule has 0 radical (unpaired) electrons. The predicted octanol–water partition coefficient (Wildman–Crippen LogP) is 5.02. The predicted molar refractivity (Wildman–Crippen MR) is 76.5 cm³/mol. The highest BCUT2D eigenvalue weighted by atomic mass is 13.3. The largest absolute Gasteiger partial charge is 0.331 e. The Morgan fingerprint density at radius 3 is 0.846 bits per heavy atom. The zero-order chi connectivity index (χ0) is 10.2. The van der Waals surface area contributed by atoms with E-state index in [-0.39, 0.29) is 16.0 Å². The van der Waals surface area contributed by atoms with E-state index in [0.717, 1.165) is 0 Å². The minimum Gasteiger partial charge on any atom is -0.331 e. The van der Waals surface area contributed by atoms with Gasteiger partial charge in [-0.1, -0.05) is 14.4 Å². The van der Waals surface area contributed by atoms with Crippen LogP contribution in [0.1, 0.15) is 50.6 Å². The van der Waals surface area contributed by atoms with Gasteiger partial charge in [-0.25, -0.2) is 0 Å². The summed E-state index contributed by atoms with van der Waals surface area (Å²) in [6.07, 6.45) is 0. The summed E-state index contributed by atoms with van der Waals surface area (Å²) in [6.45, 7) is 12.3. The normalized spacial score (nSPS) is 3.15. The van der Waals surface area contributed by atoms with Gasteiger partial charge in [-0.05, 0) is 27.7 Å². The van der Waals surface area contributed by atoms with E-state index in [0.29, 0.717) is 0 Å². The third kappa shape index (κ3) is 321. The van der Waals surface area contributed by atoms with Gasteiger partial charge < -0.3 is 5.92 Å². The van der Waals surface area contributed by atoms with Gasteiger partial charge in [0.1, 0.15) is 0 Å².